The molecule has 1 N–H and O–H groups in total. The van der Waals surface area contributed by atoms with Crippen molar-refractivity contribution in [1.29, 1.82) is 0 Å². The van der Waals surface area contributed by atoms with E-state index in [1.54, 1.807) is 0 Å². The minimum atomic E-state index is 0.132. The Bertz CT molecular complexity index is 421. The summed E-state index contributed by atoms with van der Waals surface area (Å²) in [6.45, 7) is 1.18. The number of carbonyl (C=O) groups excluding carboxylic acids is 1. The first-order chi connectivity index (χ1) is 10.2. The zero-order chi connectivity index (χ0) is 14.0. The van der Waals surface area contributed by atoms with Crippen molar-refractivity contribution in [2.24, 2.45) is 35.0 Å². The molecule has 21 heavy (non-hydrogen) atoms. The molecule has 6 fully saturated rings. The van der Waals surface area contributed by atoms with Crippen LogP contribution in [0.5, 0.6) is 0 Å². The van der Waals surface area contributed by atoms with Gasteiger partial charge in [-0.05, 0) is 87.5 Å². The molecule has 5 saturated carbocycles. The Morgan fingerprint density at radius 3 is 2.33 bits per heavy atom. The van der Waals surface area contributed by atoms with Crippen molar-refractivity contribution in [1.82, 2.24) is 5.32 Å². The molecule has 116 valence electrons. The lowest BCUT2D eigenvalue weighted by Gasteiger charge is -2.56. The van der Waals surface area contributed by atoms with Gasteiger partial charge in [0.25, 0.3) is 0 Å². The average molecular weight is 287 g/mol. The second-order valence-corrected chi connectivity index (χ2v) is 9.19. The number of Topliss-reactive ketones (excluding diaryl/α,β-unsaturated/α-hetero) is 1. The zero-order valence-electron chi connectivity index (χ0n) is 13.2. The third-order valence-electron chi connectivity index (χ3n) is 7.91. The van der Waals surface area contributed by atoms with Gasteiger partial charge < -0.3 is 5.32 Å². The van der Waals surface area contributed by atoms with Gasteiger partial charge in [-0.15, -0.1) is 0 Å². The lowest BCUT2D eigenvalue weighted by molar-refractivity contribution is -0.144. The fraction of sp³-hybridized carbons (Fsp3) is 0.947. The van der Waals surface area contributed by atoms with Crippen LogP contribution in [0.25, 0.3) is 0 Å². The number of rotatable bonds is 3. The van der Waals surface area contributed by atoms with Crippen LogP contribution in [0.3, 0.4) is 0 Å². The van der Waals surface area contributed by atoms with Gasteiger partial charge in [0.15, 0.2) is 0 Å². The highest BCUT2D eigenvalue weighted by Gasteiger charge is 2.54. The van der Waals surface area contributed by atoms with Gasteiger partial charge in [0.05, 0.1) is 0 Å². The predicted octanol–water partition coefficient (Wildman–Crippen LogP) is 3.55. The van der Waals surface area contributed by atoms with Gasteiger partial charge in [-0.3, -0.25) is 4.79 Å². The molecule has 1 saturated heterocycles. The average Bonchev–Trinajstić information content (AvgIpc) is 3.02. The summed E-state index contributed by atoms with van der Waals surface area (Å²) in [6, 6.07) is 0.526. The molecular weight excluding hydrogens is 258 g/mol. The monoisotopic (exact) mass is 287 g/mol. The third kappa shape index (κ3) is 1.97. The topological polar surface area (TPSA) is 29.1 Å². The van der Waals surface area contributed by atoms with Crippen LogP contribution in [-0.2, 0) is 4.79 Å². The second kappa shape index (κ2) is 4.57. The first kappa shape index (κ1) is 13.1. The highest BCUT2D eigenvalue weighted by molar-refractivity contribution is 5.86. The second-order valence-electron chi connectivity index (χ2n) is 9.19. The summed E-state index contributed by atoms with van der Waals surface area (Å²) >= 11 is 0. The van der Waals surface area contributed by atoms with Crippen LogP contribution in [0.4, 0.5) is 0 Å². The first-order valence-corrected chi connectivity index (χ1v) is 9.48. The molecular formula is C19H29NO. The number of hydrogen-bond acceptors (Lipinski definition) is 2. The molecule has 3 unspecified atom stereocenters. The molecule has 1 heterocycles. The molecule has 1 aliphatic heterocycles. The maximum absolute atomic E-state index is 13.2. The van der Waals surface area contributed by atoms with Gasteiger partial charge in [0, 0.05) is 17.9 Å². The van der Waals surface area contributed by atoms with Crippen LogP contribution in [0.15, 0.2) is 0 Å². The summed E-state index contributed by atoms with van der Waals surface area (Å²) < 4.78 is 0. The molecule has 3 atom stereocenters. The fourth-order valence-electron chi connectivity index (χ4n) is 7.39. The standard InChI is InChI=1S/C19H29NO/c21-18(7-17-16-3-1-2-15(16)11-20-17)19-8-12-4-13(9-19)6-14(5-12)10-19/h12-17,20H,1-11H2. The molecule has 6 aliphatic rings. The summed E-state index contributed by atoms with van der Waals surface area (Å²) in [7, 11) is 0. The quantitative estimate of drug-likeness (QED) is 0.860. The van der Waals surface area contributed by atoms with E-state index in [0.29, 0.717) is 11.8 Å². The molecule has 4 bridgehead atoms. The molecule has 5 aliphatic carbocycles. The minimum Gasteiger partial charge on any atom is -0.313 e. The molecule has 0 amide bonds. The predicted molar refractivity (Wildman–Crippen MR) is 82.9 cm³/mol. The maximum Gasteiger partial charge on any atom is 0.140 e. The van der Waals surface area contributed by atoms with Gasteiger partial charge >= 0.3 is 0 Å². The Morgan fingerprint density at radius 2 is 1.67 bits per heavy atom. The Labute approximate surface area is 128 Å². The van der Waals surface area contributed by atoms with Crippen LogP contribution in [0, 0.1) is 35.0 Å². The third-order valence-corrected chi connectivity index (χ3v) is 7.91. The van der Waals surface area contributed by atoms with Crippen LogP contribution < -0.4 is 5.32 Å². The van der Waals surface area contributed by atoms with Crippen molar-refractivity contribution in [2.75, 3.05) is 6.54 Å². The fourth-order valence-corrected chi connectivity index (χ4v) is 7.39. The van der Waals surface area contributed by atoms with E-state index in [-0.39, 0.29) is 5.41 Å². The highest BCUT2D eigenvalue weighted by atomic mass is 16.1. The number of ketones is 1. The van der Waals surface area contributed by atoms with E-state index in [0.717, 1.165) is 36.0 Å². The SMILES string of the molecule is O=C(CC1NCC2CCCC21)C12CC3CC(CC(C3)C1)C2. The number of fused-ring (bicyclic) bond motifs is 1. The van der Waals surface area contributed by atoms with E-state index in [2.05, 4.69) is 5.32 Å². The van der Waals surface area contributed by atoms with Crippen LogP contribution in [0.2, 0.25) is 0 Å². The van der Waals surface area contributed by atoms with Gasteiger partial charge in [-0.2, -0.15) is 0 Å². The lowest BCUT2D eigenvalue weighted by atomic mass is 9.48. The van der Waals surface area contributed by atoms with Crippen molar-refractivity contribution in [2.45, 2.75) is 70.3 Å². The Morgan fingerprint density at radius 1 is 1.00 bits per heavy atom. The molecule has 2 heteroatoms. The van der Waals surface area contributed by atoms with Crippen LogP contribution in [-0.4, -0.2) is 18.4 Å². The van der Waals surface area contributed by atoms with E-state index in [9.17, 15) is 4.79 Å². The number of carbonyl (C=O) groups is 1. The highest BCUT2D eigenvalue weighted by Crippen LogP contribution is 2.60. The Kier molecular flexibility index (Phi) is 2.85. The molecule has 0 radical (unpaired) electrons. The van der Waals surface area contributed by atoms with Crippen molar-refractivity contribution < 1.29 is 4.79 Å². The van der Waals surface area contributed by atoms with Gasteiger partial charge in [-0.25, -0.2) is 0 Å². The maximum atomic E-state index is 13.2. The van der Waals surface area contributed by atoms with Crippen molar-refractivity contribution >= 4 is 5.78 Å². The summed E-state index contributed by atoms with van der Waals surface area (Å²) in [5, 5.41) is 3.70. The molecule has 0 aromatic heterocycles. The van der Waals surface area contributed by atoms with Crippen molar-refractivity contribution in [3.8, 4) is 0 Å². The number of nitrogens with one attached hydrogen (secondary N) is 1. The van der Waals surface area contributed by atoms with Gasteiger partial charge in [0.2, 0.25) is 0 Å². The Hall–Kier alpha value is -0.370. The normalized spacial score (nSPS) is 54.1. The van der Waals surface area contributed by atoms with Crippen LogP contribution in [0.1, 0.15) is 64.2 Å². The van der Waals surface area contributed by atoms with Gasteiger partial charge in [-0.1, -0.05) is 6.42 Å². The summed E-state index contributed by atoms with van der Waals surface area (Å²) in [5.74, 6) is 5.07. The molecule has 0 aromatic rings. The van der Waals surface area contributed by atoms with E-state index < -0.39 is 0 Å². The molecule has 2 nitrogen and oxygen atoms in total. The van der Waals surface area contributed by atoms with Crippen LogP contribution >= 0.6 is 0 Å². The van der Waals surface area contributed by atoms with Crippen molar-refractivity contribution in [3.63, 3.8) is 0 Å². The summed E-state index contributed by atoms with van der Waals surface area (Å²) in [6.07, 6.45) is 13.1. The van der Waals surface area contributed by atoms with E-state index in [1.165, 1.54) is 64.3 Å². The molecule has 0 spiro atoms. The molecule has 0 aromatic carbocycles. The molecule has 6 rings (SSSR count). The summed E-state index contributed by atoms with van der Waals surface area (Å²) in [5.41, 5.74) is 0.132. The first-order valence-electron chi connectivity index (χ1n) is 9.48. The van der Waals surface area contributed by atoms with E-state index in [4.69, 9.17) is 0 Å². The van der Waals surface area contributed by atoms with Crippen molar-refractivity contribution in [3.05, 3.63) is 0 Å². The van der Waals surface area contributed by atoms with Gasteiger partial charge in [0.1, 0.15) is 5.78 Å². The Balaban J connectivity index is 1.32. The summed E-state index contributed by atoms with van der Waals surface area (Å²) in [4.78, 5) is 13.2. The smallest absolute Gasteiger partial charge is 0.140 e. The minimum absolute atomic E-state index is 0.132. The largest absolute Gasteiger partial charge is 0.313 e. The number of hydrogen-bond donors (Lipinski definition) is 1. The van der Waals surface area contributed by atoms with E-state index >= 15 is 0 Å². The zero-order valence-corrected chi connectivity index (χ0v) is 13.2. The lowest BCUT2D eigenvalue weighted by Crippen LogP contribution is -2.51. The van der Waals surface area contributed by atoms with E-state index in [1.807, 2.05) is 0 Å².